The number of rotatable bonds is 3. The highest BCUT2D eigenvalue weighted by Crippen LogP contribution is 2.45. The van der Waals surface area contributed by atoms with E-state index in [1.165, 1.54) is 29.5 Å². The molecule has 0 saturated carbocycles. The highest BCUT2D eigenvalue weighted by Gasteiger charge is 2.42. The number of aryl methyl sites for hydroxylation is 2. The fraction of sp³-hybridized carbons (Fsp3) is 0.632. The lowest BCUT2D eigenvalue weighted by Gasteiger charge is -2.50. The molecule has 1 aromatic rings. The van der Waals surface area contributed by atoms with Crippen LogP contribution >= 0.6 is 0 Å². The fourth-order valence-corrected chi connectivity index (χ4v) is 3.89. The summed E-state index contributed by atoms with van der Waals surface area (Å²) in [7, 11) is 1.48. The second-order valence-electron chi connectivity index (χ2n) is 7.23. The lowest BCUT2D eigenvalue weighted by atomic mass is 9.78. The second-order valence-corrected chi connectivity index (χ2v) is 7.23. The zero-order valence-electron chi connectivity index (χ0n) is 15.0. The Balaban J connectivity index is 2.63. The van der Waals surface area contributed by atoms with Gasteiger partial charge in [-0.25, -0.2) is 4.79 Å². The fourth-order valence-electron chi connectivity index (χ4n) is 3.89. The van der Waals surface area contributed by atoms with Crippen molar-refractivity contribution >= 4 is 11.7 Å². The van der Waals surface area contributed by atoms with Crippen molar-refractivity contribution in [3.8, 4) is 0 Å². The number of esters is 1. The van der Waals surface area contributed by atoms with Crippen molar-refractivity contribution < 1.29 is 9.53 Å². The maximum Gasteiger partial charge on any atom is 0.328 e. The molecule has 0 amide bonds. The smallest absolute Gasteiger partial charge is 0.328 e. The van der Waals surface area contributed by atoms with Crippen LogP contribution in [-0.4, -0.2) is 24.7 Å². The molecule has 22 heavy (non-hydrogen) atoms. The maximum atomic E-state index is 12.3. The number of fused-ring (bicyclic) bond motifs is 1. The van der Waals surface area contributed by atoms with E-state index in [0.29, 0.717) is 5.92 Å². The van der Waals surface area contributed by atoms with Crippen molar-refractivity contribution in [1.29, 1.82) is 0 Å². The van der Waals surface area contributed by atoms with Gasteiger partial charge in [0, 0.05) is 11.2 Å². The van der Waals surface area contributed by atoms with E-state index in [0.717, 1.165) is 12.8 Å². The van der Waals surface area contributed by atoms with Gasteiger partial charge in [0.15, 0.2) is 0 Å². The monoisotopic (exact) mass is 303 g/mol. The molecule has 0 fully saturated rings. The van der Waals surface area contributed by atoms with E-state index < -0.39 is 0 Å². The molecule has 3 heteroatoms. The maximum absolute atomic E-state index is 12.3. The molecule has 0 saturated heterocycles. The molecule has 1 aromatic carbocycles. The average Bonchev–Trinajstić information content (AvgIpc) is 2.44. The first-order valence-electron chi connectivity index (χ1n) is 8.21. The number of hydrogen-bond acceptors (Lipinski definition) is 3. The van der Waals surface area contributed by atoms with Crippen LogP contribution in [-0.2, 0) is 9.53 Å². The number of hydrogen-bond donors (Lipinski definition) is 0. The molecule has 0 unspecified atom stereocenters. The zero-order valence-corrected chi connectivity index (χ0v) is 15.0. The normalized spacial score (nSPS) is 21.2. The molecule has 2 atom stereocenters. The molecule has 0 spiro atoms. The van der Waals surface area contributed by atoms with E-state index in [1.807, 2.05) is 0 Å². The molecular formula is C19H29NO2. The minimum absolute atomic E-state index is 0.0665. The molecular weight excluding hydrogens is 274 g/mol. The minimum Gasteiger partial charge on any atom is -0.467 e. The van der Waals surface area contributed by atoms with Crippen LogP contribution in [0.15, 0.2) is 12.1 Å². The summed E-state index contributed by atoms with van der Waals surface area (Å²) in [6, 6.07) is 4.31. The number of carbonyl (C=O) groups is 1. The van der Waals surface area contributed by atoms with Gasteiger partial charge in [-0.15, -0.1) is 0 Å². The van der Waals surface area contributed by atoms with E-state index in [2.05, 4.69) is 58.6 Å². The summed E-state index contributed by atoms with van der Waals surface area (Å²) in [6.45, 7) is 13.1. The number of anilines is 1. The minimum atomic E-state index is -0.228. The van der Waals surface area contributed by atoms with Crippen LogP contribution in [0.1, 0.15) is 63.1 Å². The van der Waals surface area contributed by atoms with Gasteiger partial charge in [0.25, 0.3) is 0 Å². The number of methoxy groups -OCH3 is 1. The van der Waals surface area contributed by atoms with Gasteiger partial charge in [0.1, 0.15) is 6.04 Å². The zero-order chi connectivity index (χ0) is 16.7. The summed E-state index contributed by atoms with van der Waals surface area (Å²) >= 11 is 0. The predicted molar refractivity (Wildman–Crippen MR) is 91.6 cm³/mol. The molecule has 122 valence electrons. The van der Waals surface area contributed by atoms with E-state index in [4.69, 9.17) is 4.74 Å². The van der Waals surface area contributed by atoms with Gasteiger partial charge >= 0.3 is 5.97 Å². The van der Waals surface area contributed by atoms with Crippen molar-refractivity contribution in [2.24, 2.45) is 0 Å². The predicted octanol–water partition coefficient (Wildman–Crippen LogP) is 4.35. The SMILES string of the molecule is CC[C@H](C(=O)OC)N1c2cc(C)c(C)cc2[C@H](C)CC1(C)C. The molecule has 1 aliphatic heterocycles. The summed E-state index contributed by atoms with van der Waals surface area (Å²) < 4.78 is 5.07. The van der Waals surface area contributed by atoms with E-state index in [9.17, 15) is 4.79 Å². The quantitative estimate of drug-likeness (QED) is 0.778. The Morgan fingerprint density at radius 2 is 1.95 bits per heavy atom. The van der Waals surface area contributed by atoms with E-state index in [-0.39, 0.29) is 17.6 Å². The highest BCUT2D eigenvalue weighted by atomic mass is 16.5. The molecule has 2 rings (SSSR count). The topological polar surface area (TPSA) is 29.5 Å². The lowest BCUT2D eigenvalue weighted by molar-refractivity contribution is -0.142. The Hall–Kier alpha value is -1.51. The first-order chi connectivity index (χ1) is 10.2. The Labute approximate surface area is 134 Å². The van der Waals surface area contributed by atoms with Gasteiger partial charge in [0.05, 0.1) is 7.11 Å². The van der Waals surface area contributed by atoms with Crippen LogP contribution in [0.25, 0.3) is 0 Å². The van der Waals surface area contributed by atoms with Crippen molar-refractivity contribution in [3.63, 3.8) is 0 Å². The van der Waals surface area contributed by atoms with Crippen LogP contribution in [0.5, 0.6) is 0 Å². The first kappa shape index (κ1) is 16.9. The Morgan fingerprint density at radius 3 is 2.50 bits per heavy atom. The Kier molecular flexibility index (Phi) is 4.55. The molecule has 1 heterocycles. The average molecular weight is 303 g/mol. The van der Waals surface area contributed by atoms with Crippen LogP contribution < -0.4 is 4.90 Å². The van der Waals surface area contributed by atoms with Crippen molar-refractivity contribution in [3.05, 3.63) is 28.8 Å². The number of carbonyl (C=O) groups excluding carboxylic acids is 1. The third-order valence-corrected chi connectivity index (χ3v) is 5.06. The van der Waals surface area contributed by atoms with Crippen LogP contribution in [0.3, 0.4) is 0 Å². The Morgan fingerprint density at radius 1 is 1.36 bits per heavy atom. The number of nitrogens with zero attached hydrogens (tertiary/aromatic N) is 1. The largest absolute Gasteiger partial charge is 0.467 e. The standard InChI is InChI=1S/C19H29NO2/c1-8-16(18(21)22-7)20-17-10-13(3)12(2)9-15(17)14(4)11-19(20,5)6/h9-10,14,16H,8,11H2,1-7H3/t14-,16-/m1/s1. The lowest BCUT2D eigenvalue weighted by Crippen LogP contribution is -2.56. The van der Waals surface area contributed by atoms with Gasteiger partial charge in [-0.05, 0) is 69.2 Å². The van der Waals surface area contributed by atoms with E-state index in [1.54, 1.807) is 0 Å². The van der Waals surface area contributed by atoms with Crippen molar-refractivity contribution in [1.82, 2.24) is 0 Å². The third kappa shape index (κ3) is 2.73. The molecule has 0 N–H and O–H groups in total. The van der Waals surface area contributed by atoms with Gasteiger partial charge in [0.2, 0.25) is 0 Å². The van der Waals surface area contributed by atoms with Gasteiger partial charge in [-0.2, -0.15) is 0 Å². The second kappa shape index (κ2) is 5.94. The number of benzene rings is 1. The van der Waals surface area contributed by atoms with Gasteiger partial charge in [-0.1, -0.05) is 19.9 Å². The van der Waals surface area contributed by atoms with Crippen LogP contribution in [0.2, 0.25) is 0 Å². The van der Waals surface area contributed by atoms with Crippen molar-refractivity contribution in [2.75, 3.05) is 12.0 Å². The third-order valence-electron chi connectivity index (χ3n) is 5.06. The summed E-state index contributed by atoms with van der Waals surface area (Å²) in [5.74, 6) is 0.352. The summed E-state index contributed by atoms with van der Waals surface area (Å²) in [6.07, 6.45) is 1.78. The van der Waals surface area contributed by atoms with Crippen molar-refractivity contribution in [2.45, 2.75) is 71.9 Å². The molecule has 0 bridgehead atoms. The summed E-state index contributed by atoms with van der Waals surface area (Å²) in [4.78, 5) is 14.6. The summed E-state index contributed by atoms with van der Waals surface area (Å²) in [5.41, 5.74) is 5.07. The Bertz CT molecular complexity index is 577. The van der Waals surface area contributed by atoms with Crippen LogP contribution in [0.4, 0.5) is 5.69 Å². The number of ether oxygens (including phenoxy) is 1. The molecule has 0 aliphatic carbocycles. The van der Waals surface area contributed by atoms with Gasteiger partial charge in [-0.3, -0.25) is 0 Å². The van der Waals surface area contributed by atoms with Crippen LogP contribution in [0, 0.1) is 13.8 Å². The molecule has 3 nitrogen and oxygen atoms in total. The van der Waals surface area contributed by atoms with E-state index >= 15 is 0 Å². The molecule has 0 aromatic heterocycles. The molecule has 0 radical (unpaired) electrons. The molecule has 1 aliphatic rings. The first-order valence-corrected chi connectivity index (χ1v) is 8.21. The summed E-state index contributed by atoms with van der Waals surface area (Å²) in [5, 5.41) is 0. The van der Waals surface area contributed by atoms with Gasteiger partial charge < -0.3 is 9.64 Å². The highest BCUT2D eigenvalue weighted by molar-refractivity contribution is 5.82.